The molecule has 0 radical (unpaired) electrons. The molecule has 1 aromatic rings. The highest BCUT2D eigenvalue weighted by molar-refractivity contribution is 8.00. The molecule has 1 amide bonds. The highest BCUT2D eigenvalue weighted by Crippen LogP contribution is 2.18. The SMILES string of the molecule is CC(C)NCc1cccc(SCC(=O)NCCC#N)c1. The first-order valence-electron chi connectivity index (χ1n) is 6.70. The van der Waals surface area contributed by atoms with Crippen molar-refractivity contribution in [3.05, 3.63) is 29.8 Å². The third-order valence-corrected chi connectivity index (χ3v) is 3.54. The second-order valence-corrected chi connectivity index (χ2v) is 5.78. The monoisotopic (exact) mass is 291 g/mol. The van der Waals surface area contributed by atoms with Gasteiger partial charge in [-0.2, -0.15) is 5.26 Å². The Morgan fingerprint density at radius 1 is 1.45 bits per heavy atom. The molecule has 0 aliphatic rings. The van der Waals surface area contributed by atoms with Crippen LogP contribution in [0, 0.1) is 11.3 Å². The van der Waals surface area contributed by atoms with Crippen molar-refractivity contribution in [2.45, 2.75) is 37.8 Å². The molecule has 2 N–H and O–H groups in total. The summed E-state index contributed by atoms with van der Waals surface area (Å²) in [6.45, 7) is 5.49. The zero-order valence-electron chi connectivity index (χ0n) is 12.0. The van der Waals surface area contributed by atoms with Crippen molar-refractivity contribution < 1.29 is 4.79 Å². The van der Waals surface area contributed by atoms with E-state index in [2.05, 4.69) is 36.6 Å². The summed E-state index contributed by atoms with van der Waals surface area (Å²) in [4.78, 5) is 12.6. The zero-order chi connectivity index (χ0) is 14.8. The molecule has 0 atom stereocenters. The van der Waals surface area contributed by atoms with Crippen molar-refractivity contribution in [2.75, 3.05) is 12.3 Å². The van der Waals surface area contributed by atoms with Crippen LogP contribution in [0.2, 0.25) is 0 Å². The first-order chi connectivity index (χ1) is 9.61. The van der Waals surface area contributed by atoms with Crippen LogP contribution in [0.4, 0.5) is 0 Å². The van der Waals surface area contributed by atoms with Gasteiger partial charge >= 0.3 is 0 Å². The molecule has 5 heteroatoms. The Labute approximate surface area is 124 Å². The van der Waals surface area contributed by atoms with Crippen LogP contribution >= 0.6 is 11.8 Å². The molecule has 20 heavy (non-hydrogen) atoms. The summed E-state index contributed by atoms with van der Waals surface area (Å²) in [6.07, 6.45) is 0.354. The number of nitriles is 1. The van der Waals surface area contributed by atoms with Gasteiger partial charge in [-0.3, -0.25) is 4.79 Å². The van der Waals surface area contributed by atoms with Gasteiger partial charge in [-0.25, -0.2) is 0 Å². The summed E-state index contributed by atoms with van der Waals surface area (Å²) in [6, 6.07) is 10.6. The number of amides is 1. The summed E-state index contributed by atoms with van der Waals surface area (Å²) in [5.41, 5.74) is 1.22. The van der Waals surface area contributed by atoms with Gasteiger partial charge in [0.25, 0.3) is 0 Å². The number of nitrogens with one attached hydrogen (secondary N) is 2. The quantitative estimate of drug-likeness (QED) is 0.570. The van der Waals surface area contributed by atoms with Gasteiger partial charge in [0.15, 0.2) is 0 Å². The molecule has 0 fully saturated rings. The fourth-order valence-corrected chi connectivity index (χ4v) is 2.33. The molecular formula is C15H21N3OS. The van der Waals surface area contributed by atoms with E-state index in [0.29, 0.717) is 24.8 Å². The van der Waals surface area contributed by atoms with Crippen LogP contribution in [0.25, 0.3) is 0 Å². The lowest BCUT2D eigenvalue weighted by Crippen LogP contribution is -2.25. The Morgan fingerprint density at radius 3 is 2.95 bits per heavy atom. The number of hydrogen-bond donors (Lipinski definition) is 2. The molecule has 0 spiro atoms. The van der Waals surface area contributed by atoms with E-state index in [0.717, 1.165) is 11.4 Å². The Bertz CT molecular complexity index is 468. The average molecular weight is 291 g/mol. The number of thioether (sulfide) groups is 1. The van der Waals surface area contributed by atoms with E-state index < -0.39 is 0 Å². The normalized spacial score (nSPS) is 10.3. The summed E-state index contributed by atoms with van der Waals surface area (Å²) in [5.74, 6) is 0.350. The second kappa shape index (κ2) is 9.40. The maximum Gasteiger partial charge on any atom is 0.230 e. The van der Waals surface area contributed by atoms with Gasteiger partial charge in [-0.05, 0) is 17.7 Å². The summed E-state index contributed by atoms with van der Waals surface area (Å²) >= 11 is 1.51. The molecule has 4 nitrogen and oxygen atoms in total. The minimum absolute atomic E-state index is 0.0315. The standard InChI is InChI=1S/C15H21N3OS/c1-12(2)18-10-13-5-3-6-14(9-13)20-11-15(19)17-8-4-7-16/h3,5-6,9,12,18H,4,8,10-11H2,1-2H3,(H,17,19). The number of nitrogens with zero attached hydrogens (tertiary/aromatic N) is 1. The Morgan fingerprint density at radius 2 is 2.25 bits per heavy atom. The first-order valence-corrected chi connectivity index (χ1v) is 7.69. The van der Waals surface area contributed by atoms with Gasteiger partial charge in [0.2, 0.25) is 5.91 Å². The predicted molar refractivity (Wildman–Crippen MR) is 82.4 cm³/mol. The second-order valence-electron chi connectivity index (χ2n) is 4.73. The van der Waals surface area contributed by atoms with Gasteiger partial charge in [-0.15, -0.1) is 11.8 Å². The maximum absolute atomic E-state index is 11.5. The third-order valence-electron chi connectivity index (χ3n) is 2.54. The smallest absolute Gasteiger partial charge is 0.230 e. The molecule has 0 aliphatic heterocycles. The molecule has 1 rings (SSSR count). The van der Waals surface area contributed by atoms with Crippen molar-refractivity contribution in [1.29, 1.82) is 5.26 Å². The van der Waals surface area contributed by atoms with Crippen molar-refractivity contribution in [2.24, 2.45) is 0 Å². The lowest BCUT2D eigenvalue weighted by Gasteiger charge is -2.09. The van der Waals surface area contributed by atoms with E-state index in [-0.39, 0.29) is 5.91 Å². The average Bonchev–Trinajstić information content (AvgIpc) is 2.44. The van der Waals surface area contributed by atoms with Crippen LogP contribution in [0.15, 0.2) is 29.2 Å². The Balaban J connectivity index is 2.38. The van der Waals surface area contributed by atoms with E-state index in [1.165, 1.54) is 17.3 Å². The topological polar surface area (TPSA) is 64.9 Å². The van der Waals surface area contributed by atoms with E-state index in [1.807, 2.05) is 18.2 Å². The van der Waals surface area contributed by atoms with E-state index in [4.69, 9.17) is 5.26 Å². The highest BCUT2D eigenvalue weighted by Gasteiger charge is 2.03. The number of hydrogen-bond acceptors (Lipinski definition) is 4. The Hall–Kier alpha value is -1.51. The van der Waals surface area contributed by atoms with Gasteiger partial charge in [0.05, 0.1) is 18.2 Å². The largest absolute Gasteiger partial charge is 0.354 e. The molecule has 1 aromatic carbocycles. The minimum atomic E-state index is -0.0315. The molecule has 108 valence electrons. The van der Waals surface area contributed by atoms with Gasteiger partial charge in [0, 0.05) is 24.0 Å². The van der Waals surface area contributed by atoms with Crippen LogP contribution in [-0.2, 0) is 11.3 Å². The number of carbonyl (C=O) groups excluding carboxylic acids is 1. The summed E-state index contributed by atoms with van der Waals surface area (Å²) in [7, 11) is 0. The molecule has 0 saturated carbocycles. The van der Waals surface area contributed by atoms with Crippen molar-refractivity contribution in [3.8, 4) is 6.07 Å². The molecule has 0 heterocycles. The minimum Gasteiger partial charge on any atom is -0.354 e. The fourth-order valence-electron chi connectivity index (χ4n) is 1.52. The Kier molecular flexibility index (Phi) is 7.78. The zero-order valence-corrected chi connectivity index (χ0v) is 12.8. The third kappa shape index (κ3) is 7.17. The number of rotatable bonds is 8. The van der Waals surface area contributed by atoms with E-state index in [9.17, 15) is 4.79 Å². The van der Waals surface area contributed by atoms with Crippen LogP contribution in [-0.4, -0.2) is 24.2 Å². The van der Waals surface area contributed by atoms with Gasteiger partial charge in [0.1, 0.15) is 0 Å². The molecular weight excluding hydrogens is 270 g/mol. The molecule has 0 bridgehead atoms. The first kappa shape index (κ1) is 16.5. The van der Waals surface area contributed by atoms with Crippen LogP contribution < -0.4 is 10.6 Å². The van der Waals surface area contributed by atoms with E-state index in [1.54, 1.807) is 0 Å². The molecule has 0 unspecified atom stereocenters. The van der Waals surface area contributed by atoms with E-state index >= 15 is 0 Å². The fraction of sp³-hybridized carbons (Fsp3) is 0.467. The van der Waals surface area contributed by atoms with Crippen LogP contribution in [0.5, 0.6) is 0 Å². The van der Waals surface area contributed by atoms with Crippen LogP contribution in [0.1, 0.15) is 25.8 Å². The van der Waals surface area contributed by atoms with Crippen molar-refractivity contribution in [1.82, 2.24) is 10.6 Å². The van der Waals surface area contributed by atoms with Crippen LogP contribution in [0.3, 0.4) is 0 Å². The lowest BCUT2D eigenvalue weighted by atomic mass is 10.2. The highest BCUT2D eigenvalue weighted by atomic mass is 32.2. The predicted octanol–water partition coefficient (Wildman–Crippen LogP) is 2.31. The molecule has 0 aliphatic carbocycles. The summed E-state index contributed by atoms with van der Waals surface area (Å²) < 4.78 is 0. The maximum atomic E-state index is 11.5. The number of carbonyl (C=O) groups is 1. The van der Waals surface area contributed by atoms with Gasteiger partial charge < -0.3 is 10.6 Å². The molecule has 0 saturated heterocycles. The molecule has 0 aromatic heterocycles. The summed E-state index contributed by atoms with van der Waals surface area (Å²) in [5, 5.41) is 14.5. The van der Waals surface area contributed by atoms with Gasteiger partial charge in [-0.1, -0.05) is 26.0 Å². The van der Waals surface area contributed by atoms with Crippen molar-refractivity contribution in [3.63, 3.8) is 0 Å². The lowest BCUT2D eigenvalue weighted by molar-refractivity contribution is -0.118. The number of benzene rings is 1. The van der Waals surface area contributed by atoms with Crippen molar-refractivity contribution >= 4 is 17.7 Å².